The highest BCUT2D eigenvalue weighted by atomic mass is 19.1. The molecule has 0 atom stereocenters. The van der Waals surface area contributed by atoms with Crippen molar-refractivity contribution < 1.29 is 9.13 Å². The second-order valence-electron chi connectivity index (χ2n) is 4.52. The molecule has 112 valence electrons. The number of nitrogens with one attached hydrogen (secondary N) is 1. The van der Waals surface area contributed by atoms with Gasteiger partial charge in [0.1, 0.15) is 5.82 Å². The molecule has 0 amide bonds. The van der Waals surface area contributed by atoms with Crippen molar-refractivity contribution in [2.45, 2.75) is 26.7 Å². The van der Waals surface area contributed by atoms with Crippen LogP contribution in [0, 0.1) is 5.82 Å². The fourth-order valence-corrected chi connectivity index (χ4v) is 1.69. The van der Waals surface area contributed by atoms with Crippen molar-refractivity contribution in [3.8, 4) is 17.4 Å². The zero-order chi connectivity index (χ0) is 15.1. The molecule has 5 nitrogen and oxygen atoms in total. The summed E-state index contributed by atoms with van der Waals surface area (Å²) >= 11 is 0. The lowest BCUT2D eigenvalue weighted by atomic mass is 10.2. The van der Waals surface area contributed by atoms with Gasteiger partial charge in [-0.25, -0.2) is 4.39 Å². The van der Waals surface area contributed by atoms with Gasteiger partial charge < -0.3 is 10.1 Å². The maximum absolute atomic E-state index is 13.9. The maximum Gasteiger partial charge on any atom is 0.321 e. The zero-order valence-electron chi connectivity index (χ0n) is 12.3. The van der Waals surface area contributed by atoms with Gasteiger partial charge in [0.2, 0.25) is 5.95 Å². The van der Waals surface area contributed by atoms with Crippen molar-refractivity contribution in [1.29, 1.82) is 0 Å². The Bertz CT molecular complexity index is 565. The molecule has 0 spiro atoms. The van der Waals surface area contributed by atoms with Crippen molar-refractivity contribution in [3.05, 3.63) is 30.1 Å². The molecule has 0 aliphatic carbocycles. The van der Waals surface area contributed by atoms with Crippen molar-refractivity contribution in [2.75, 3.05) is 18.5 Å². The minimum Gasteiger partial charge on any atom is -0.463 e. The van der Waals surface area contributed by atoms with Crippen molar-refractivity contribution >= 4 is 5.95 Å². The zero-order valence-corrected chi connectivity index (χ0v) is 12.3. The lowest BCUT2D eigenvalue weighted by Gasteiger charge is -2.09. The Morgan fingerprint density at radius 3 is 2.62 bits per heavy atom. The molecule has 1 heterocycles. The Labute approximate surface area is 123 Å². The fourth-order valence-electron chi connectivity index (χ4n) is 1.69. The van der Waals surface area contributed by atoms with Crippen LogP contribution in [-0.4, -0.2) is 28.1 Å². The monoisotopic (exact) mass is 290 g/mol. The summed E-state index contributed by atoms with van der Waals surface area (Å²) < 4.78 is 19.3. The standard InChI is InChI=1S/C15H19FN4O/c1-3-9-17-14-18-13(11-7-5-6-8-12(11)16)19-15(20-14)21-10-4-2/h5-8H,3-4,9-10H2,1-2H3,(H,17,18,19,20). The van der Waals surface area contributed by atoms with Gasteiger partial charge in [-0.3, -0.25) is 0 Å². The number of ether oxygens (including phenoxy) is 1. The smallest absolute Gasteiger partial charge is 0.321 e. The van der Waals surface area contributed by atoms with Crippen LogP contribution in [0.4, 0.5) is 10.3 Å². The minimum atomic E-state index is -0.369. The lowest BCUT2D eigenvalue weighted by Crippen LogP contribution is -2.09. The van der Waals surface area contributed by atoms with E-state index in [2.05, 4.69) is 20.3 Å². The van der Waals surface area contributed by atoms with Gasteiger partial charge in [-0.2, -0.15) is 15.0 Å². The van der Waals surface area contributed by atoms with E-state index in [0.29, 0.717) is 18.1 Å². The normalized spacial score (nSPS) is 10.4. The molecule has 0 radical (unpaired) electrons. The highest BCUT2D eigenvalue weighted by molar-refractivity contribution is 5.57. The van der Waals surface area contributed by atoms with E-state index in [4.69, 9.17) is 4.74 Å². The van der Waals surface area contributed by atoms with Gasteiger partial charge in [-0.05, 0) is 25.0 Å². The van der Waals surface area contributed by atoms with Crippen LogP contribution in [0.3, 0.4) is 0 Å². The Morgan fingerprint density at radius 1 is 1.10 bits per heavy atom. The van der Waals surface area contributed by atoms with E-state index in [1.807, 2.05) is 13.8 Å². The van der Waals surface area contributed by atoms with Gasteiger partial charge in [0.05, 0.1) is 12.2 Å². The molecule has 0 aliphatic heterocycles. The van der Waals surface area contributed by atoms with Crippen LogP contribution in [-0.2, 0) is 0 Å². The van der Waals surface area contributed by atoms with Gasteiger partial charge >= 0.3 is 6.01 Å². The molecule has 1 aromatic heterocycles. The summed E-state index contributed by atoms with van der Waals surface area (Å²) in [4.78, 5) is 12.6. The maximum atomic E-state index is 13.9. The van der Waals surface area contributed by atoms with E-state index in [-0.39, 0.29) is 17.7 Å². The van der Waals surface area contributed by atoms with E-state index >= 15 is 0 Å². The van der Waals surface area contributed by atoms with Crippen LogP contribution in [0.25, 0.3) is 11.4 Å². The third kappa shape index (κ3) is 4.11. The number of nitrogens with zero attached hydrogens (tertiary/aromatic N) is 3. The molecule has 0 saturated heterocycles. The third-order valence-corrected chi connectivity index (χ3v) is 2.70. The number of anilines is 1. The topological polar surface area (TPSA) is 59.9 Å². The molecular formula is C15H19FN4O. The summed E-state index contributed by atoms with van der Waals surface area (Å²) in [6, 6.07) is 6.60. The van der Waals surface area contributed by atoms with Crippen LogP contribution in [0.1, 0.15) is 26.7 Å². The van der Waals surface area contributed by atoms with Crippen molar-refractivity contribution in [2.24, 2.45) is 0 Å². The van der Waals surface area contributed by atoms with Gasteiger partial charge in [0, 0.05) is 6.54 Å². The van der Waals surface area contributed by atoms with Crippen LogP contribution in [0.5, 0.6) is 6.01 Å². The van der Waals surface area contributed by atoms with Crippen LogP contribution < -0.4 is 10.1 Å². The van der Waals surface area contributed by atoms with Crippen molar-refractivity contribution in [3.63, 3.8) is 0 Å². The van der Waals surface area contributed by atoms with Crippen molar-refractivity contribution in [1.82, 2.24) is 15.0 Å². The first-order valence-electron chi connectivity index (χ1n) is 7.12. The first-order chi connectivity index (χ1) is 10.2. The van der Waals surface area contributed by atoms with Crippen LogP contribution >= 0.6 is 0 Å². The Morgan fingerprint density at radius 2 is 1.90 bits per heavy atom. The lowest BCUT2D eigenvalue weighted by molar-refractivity contribution is 0.292. The Kier molecular flexibility index (Phi) is 5.43. The molecule has 2 aromatic rings. The highest BCUT2D eigenvalue weighted by Crippen LogP contribution is 2.21. The van der Waals surface area contributed by atoms with Gasteiger partial charge in [-0.1, -0.05) is 26.0 Å². The van der Waals surface area contributed by atoms with Gasteiger partial charge in [0.15, 0.2) is 5.82 Å². The van der Waals surface area contributed by atoms with E-state index < -0.39 is 0 Å². The molecule has 0 saturated carbocycles. The van der Waals surface area contributed by atoms with Crippen LogP contribution in [0.2, 0.25) is 0 Å². The first-order valence-corrected chi connectivity index (χ1v) is 7.12. The van der Waals surface area contributed by atoms with E-state index in [9.17, 15) is 4.39 Å². The number of hydrogen-bond donors (Lipinski definition) is 1. The molecule has 0 fully saturated rings. The molecule has 0 bridgehead atoms. The fraction of sp³-hybridized carbons (Fsp3) is 0.400. The molecular weight excluding hydrogens is 271 g/mol. The third-order valence-electron chi connectivity index (χ3n) is 2.70. The second kappa shape index (κ2) is 7.52. The summed E-state index contributed by atoms with van der Waals surface area (Å²) in [6.45, 7) is 5.28. The predicted molar refractivity (Wildman–Crippen MR) is 79.8 cm³/mol. The second-order valence-corrected chi connectivity index (χ2v) is 4.52. The summed E-state index contributed by atoms with van der Waals surface area (Å²) in [6.07, 6.45) is 1.78. The first kappa shape index (κ1) is 15.2. The summed E-state index contributed by atoms with van der Waals surface area (Å²) in [5, 5.41) is 3.08. The summed E-state index contributed by atoms with van der Waals surface area (Å²) in [5.41, 5.74) is 0.334. The molecule has 2 rings (SSSR count). The molecule has 1 aromatic carbocycles. The number of aromatic nitrogens is 3. The minimum absolute atomic E-state index is 0.212. The molecule has 6 heteroatoms. The predicted octanol–water partition coefficient (Wildman–Crippen LogP) is 3.29. The van der Waals surface area contributed by atoms with Gasteiger partial charge in [0.25, 0.3) is 0 Å². The molecule has 0 unspecified atom stereocenters. The quantitative estimate of drug-likeness (QED) is 0.848. The van der Waals surface area contributed by atoms with E-state index in [1.165, 1.54) is 6.07 Å². The average Bonchev–Trinajstić information content (AvgIpc) is 2.51. The van der Waals surface area contributed by atoms with E-state index in [0.717, 1.165) is 19.4 Å². The Hall–Kier alpha value is -2.24. The number of hydrogen-bond acceptors (Lipinski definition) is 5. The van der Waals surface area contributed by atoms with Gasteiger partial charge in [-0.15, -0.1) is 0 Å². The molecule has 0 aliphatic rings. The average molecular weight is 290 g/mol. The highest BCUT2D eigenvalue weighted by Gasteiger charge is 2.12. The summed E-state index contributed by atoms with van der Waals surface area (Å²) in [7, 11) is 0. The number of halogens is 1. The number of benzene rings is 1. The SMILES string of the molecule is CCCNc1nc(OCCC)nc(-c2ccccc2F)n1. The molecule has 1 N–H and O–H groups in total. The van der Waals surface area contributed by atoms with Crippen LogP contribution in [0.15, 0.2) is 24.3 Å². The molecule has 21 heavy (non-hydrogen) atoms. The summed E-state index contributed by atoms with van der Waals surface area (Å²) in [5.74, 6) is 0.301. The Balaban J connectivity index is 2.36. The number of rotatable bonds is 7. The largest absolute Gasteiger partial charge is 0.463 e. The van der Waals surface area contributed by atoms with E-state index in [1.54, 1.807) is 18.2 Å².